The molecule has 0 spiro atoms. The number of ether oxygens (including phenoxy) is 3. The van der Waals surface area contributed by atoms with Gasteiger partial charge in [-0.05, 0) is 46.2 Å². The molecule has 1 rings (SSSR count). The van der Waals surface area contributed by atoms with E-state index in [1.54, 1.807) is 14.2 Å². The van der Waals surface area contributed by atoms with Crippen LogP contribution in [0.15, 0.2) is 29.3 Å². The van der Waals surface area contributed by atoms with Crippen molar-refractivity contribution in [2.75, 3.05) is 33.8 Å². The number of nitrogens with zero attached hydrogens (tertiary/aromatic N) is 1. The highest BCUT2D eigenvalue weighted by molar-refractivity contribution is 14.0. The maximum absolute atomic E-state index is 11.6. The van der Waals surface area contributed by atoms with Crippen molar-refractivity contribution in [3.8, 4) is 11.5 Å². The first kappa shape index (κ1) is 27.1. The fourth-order valence-electron chi connectivity index (χ4n) is 2.24. The zero-order chi connectivity index (χ0) is 21.0. The molecule has 0 heterocycles. The van der Waals surface area contributed by atoms with Crippen LogP contribution in [0.25, 0.3) is 0 Å². The first-order valence-corrected chi connectivity index (χ1v) is 9.46. The molecule has 0 fully saturated rings. The van der Waals surface area contributed by atoms with Gasteiger partial charge in [0.25, 0.3) is 0 Å². The van der Waals surface area contributed by atoms with Crippen LogP contribution in [0.4, 0.5) is 4.79 Å². The number of hydrogen-bond acceptors (Lipinski definition) is 5. The van der Waals surface area contributed by atoms with Crippen LogP contribution < -0.4 is 25.4 Å². The summed E-state index contributed by atoms with van der Waals surface area (Å²) in [4.78, 5) is 15.8. The molecular formula is C20H35IN4O4. The lowest BCUT2D eigenvalue weighted by Gasteiger charge is -2.20. The smallest absolute Gasteiger partial charge is 0.407 e. The number of benzene rings is 1. The van der Waals surface area contributed by atoms with Gasteiger partial charge in [0.1, 0.15) is 11.7 Å². The Kier molecular flexibility index (Phi) is 13.2. The highest BCUT2D eigenvalue weighted by atomic mass is 127. The van der Waals surface area contributed by atoms with Crippen LogP contribution in [0.5, 0.6) is 11.5 Å². The summed E-state index contributed by atoms with van der Waals surface area (Å²) < 4.78 is 16.4. The van der Waals surface area contributed by atoms with E-state index in [0.29, 0.717) is 37.1 Å². The quantitative estimate of drug-likeness (QED) is 0.200. The molecule has 1 aromatic rings. The van der Waals surface area contributed by atoms with E-state index < -0.39 is 11.7 Å². The van der Waals surface area contributed by atoms with Crippen LogP contribution in [0.3, 0.4) is 0 Å². The number of rotatable bonds is 9. The monoisotopic (exact) mass is 522 g/mol. The summed E-state index contributed by atoms with van der Waals surface area (Å²) >= 11 is 0. The second kappa shape index (κ2) is 14.1. The van der Waals surface area contributed by atoms with Gasteiger partial charge in [0, 0.05) is 20.1 Å². The molecule has 1 amide bonds. The molecule has 0 aliphatic rings. The van der Waals surface area contributed by atoms with E-state index >= 15 is 0 Å². The van der Waals surface area contributed by atoms with Crippen molar-refractivity contribution in [1.82, 2.24) is 16.0 Å². The van der Waals surface area contributed by atoms with Crippen molar-refractivity contribution in [3.63, 3.8) is 0 Å². The molecule has 1 atom stereocenters. The van der Waals surface area contributed by atoms with E-state index in [2.05, 4.69) is 20.9 Å². The first-order chi connectivity index (χ1) is 13.2. The van der Waals surface area contributed by atoms with E-state index in [-0.39, 0.29) is 30.1 Å². The number of carbonyl (C=O) groups is 1. The number of nitrogens with one attached hydrogen (secondary N) is 3. The van der Waals surface area contributed by atoms with Gasteiger partial charge in [-0.25, -0.2) is 4.79 Å². The van der Waals surface area contributed by atoms with Crippen LogP contribution in [-0.2, 0) is 4.74 Å². The molecule has 0 saturated carbocycles. The van der Waals surface area contributed by atoms with Gasteiger partial charge in [-0.15, -0.1) is 24.0 Å². The molecule has 3 N–H and O–H groups in total. The highest BCUT2D eigenvalue weighted by Crippen LogP contribution is 2.26. The van der Waals surface area contributed by atoms with Crippen LogP contribution in [0, 0.1) is 0 Å². The molecule has 0 aromatic heterocycles. The number of guanidine groups is 1. The van der Waals surface area contributed by atoms with Crippen LogP contribution >= 0.6 is 24.0 Å². The summed E-state index contributed by atoms with van der Waals surface area (Å²) in [7, 11) is 3.33. The Morgan fingerprint density at radius 1 is 1.10 bits per heavy atom. The molecule has 0 aliphatic carbocycles. The van der Waals surface area contributed by atoms with Gasteiger partial charge in [-0.3, -0.25) is 4.99 Å². The second-order valence-corrected chi connectivity index (χ2v) is 7.24. The maximum Gasteiger partial charge on any atom is 0.407 e. The predicted octanol–water partition coefficient (Wildman–Crippen LogP) is 3.16. The minimum atomic E-state index is -0.489. The Morgan fingerprint density at radius 3 is 2.31 bits per heavy atom. The largest absolute Gasteiger partial charge is 0.493 e. The summed E-state index contributed by atoms with van der Waals surface area (Å²) in [5.74, 6) is 2.08. The van der Waals surface area contributed by atoms with Crippen molar-refractivity contribution in [2.24, 2.45) is 4.99 Å². The molecule has 9 heteroatoms. The number of halogens is 1. The lowest BCUT2D eigenvalue weighted by atomic mass is 10.2. The third-order valence-electron chi connectivity index (χ3n) is 3.49. The fraction of sp³-hybridized carbons (Fsp3) is 0.600. The summed E-state index contributed by atoms with van der Waals surface area (Å²) in [5, 5.41) is 9.14. The Morgan fingerprint density at radius 2 is 1.72 bits per heavy atom. The number of methoxy groups -OCH3 is 1. The molecule has 0 bridgehead atoms. The molecule has 0 aliphatic heterocycles. The standard InChI is InChI=1S/C20H34N4O4.HI/c1-15(27-17-11-8-7-10-16(17)26-6)14-24-18(21-5)22-12-9-13-23-19(25)28-20(2,3)4;/h7-8,10-11,15H,9,12-14H2,1-6H3,(H,23,25)(H2,21,22,24);1H. The third-order valence-corrected chi connectivity index (χ3v) is 3.49. The summed E-state index contributed by atoms with van der Waals surface area (Å²) in [6, 6.07) is 7.54. The SMILES string of the molecule is CN=C(NCCCNC(=O)OC(C)(C)C)NCC(C)Oc1ccccc1OC.I. The molecule has 0 saturated heterocycles. The Hall–Kier alpha value is -1.91. The molecule has 166 valence electrons. The van der Waals surface area contributed by atoms with Gasteiger partial charge in [-0.2, -0.15) is 0 Å². The van der Waals surface area contributed by atoms with Gasteiger partial charge in [0.15, 0.2) is 17.5 Å². The Balaban J connectivity index is 0.00000784. The van der Waals surface area contributed by atoms with E-state index in [4.69, 9.17) is 14.2 Å². The van der Waals surface area contributed by atoms with Gasteiger partial charge in [-0.1, -0.05) is 12.1 Å². The van der Waals surface area contributed by atoms with E-state index in [9.17, 15) is 4.79 Å². The third kappa shape index (κ3) is 12.3. The number of carbonyl (C=O) groups excluding carboxylic acids is 1. The summed E-state index contributed by atoms with van der Waals surface area (Å²) in [5.41, 5.74) is -0.489. The summed E-state index contributed by atoms with van der Waals surface area (Å²) in [6.45, 7) is 9.24. The van der Waals surface area contributed by atoms with Crippen molar-refractivity contribution in [1.29, 1.82) is 0 Å². The number of para-hydroxylation sites is 2. The van der Waals surface area contributed by atoms with E-state index in [0.717, 1.165) is 6.42 Å². The zero-order valence-electron chi connectivity index (χ0n) is 18.2. The lowest BCUT2D eigenvalue weighted by molar-refractivity contribution is 0.0527. The van der Waals surface area contributed by atoms with Crippen LogP contribution in [0.1, 0.15) is 34.1 Å². The molecule has 1 aromatic carbocycles. The lowest BCUT2D eigenvalue weighted by Crippen LogP contribution is -2.42. The van der Waals surface area contributed by atoms with Gasteiger partial charge >= 0.3 is 6.09 Å². The van der Waals surface area contributed by atoms with E-state index in [1.165, 1.54) is 0 Å². The number of amides is 1. The van der Waals surface area contributed by atoms with Gasteiger partial charge in [0.05, 0.1) is 13.7 Å². The zero-order valence-corrected chi connectivity index (χ0v) is 20.5. The number of aliphatic imine (C=N–C) groups is 1. The Labute approximate surface area is 191 Å². The molecule has 1 unspecified atom stereocenters. The minimum Gasteiger partial charge on any atom is -0.493 e. The van der Waals surface area contributed by atoms with Crippen molar-refractivity contribution in [3.05, 3.63) is 24.3 Å². The molecule has 29 heavy (non-hydrogen) atoms. The topological polar surface area (TPSA) is 93.2 Å². The van der Waals surface area contributed by atoms with Gasteiger partial charge in [0.2, 0.25) is 0 Å². The number of hydrogen-bond donors (Lipinski definition) is 3. The van der Waals surface area contributed by atoms with Crippen LogP contribution in [-0.4, -0.2) is 57.5 Å². The van der Waals surface area contributed by atoms with Crippen molar-refractivity contribution < 1.29 is 19.0 Å². The van der Waals surface area contributed by atoms with Crippen LogP contribution in [0.2, 0.25) is 0 Å². The second-order valence-electron chi connectivity index (χ2n) is 7.24. The molecule has 0 radical (unpaired) electrons. The average Bonchev–Trinajstić information content (AvgIpc) is 2.63. The van der Waals surface area contributed by atoms with E-state index in [1.807, 2.05) is 52.0 Å². The normalized spacial score (nSPS) is 12.3. The van der Waals surface area contributed by atoms with Gasteiger partial charge < -0.3 is 30.2 Å². The molecular weight excluding hydrogens is 487 g/mol. The highest BCUT2D eigenvalue weighted by Gasteiger charge is 2.15. The van der Waals surface area contributed by atoms with Crippen molar-refractivity contribution in [2.45, 2.75) is 45.8 Å². The number of alkyl carbamates (subject to hydrolysis) is 1. The summed E-state index contributed by atoms with van der Waals surface area (Å²) in [6.07, 6.45) is 0.258. The van der Waals surface area contributed by atoms with Crippen molar-refractivity contribution >= 4 is 36.0 Å². The average molecular weight is 522 g/mol. The first-order valence-electron chi connectivity index (χ1n) is 9.46. The maximum atomic E-state index is 11.6. The minimum absolute atomic E-state index is 0. The predicted molar refractivity (Wildman–Crippen MR) is 127 cm³/mol. The Bertz CT molecular complexity index is 635. The molecule has 8 nitrogen and oxygen atoms in total. The fourth-order valence-corrected chi connectivity index (χ4v) is 2.24.